The molecule has 0 unspecified atom stereocenters. The van der Waals surface area contributed by atoms with E-state index in [0.717, 1.165) is 5.56 Å². The first kappa shape index (κ1) is 8.21. The summed E-state index contributed by atoms with van der Waals surface area (Å²) in [6.45, 7) is 1.85. The van der Waals surface area contributed by atoms with Crippen molar-refractivity contribution in [2.75, 3.05) is 6.07 Å². The van der Waals surface area contributed by atoms with E-state index in [1.807, 2.05) is 6.92 Å². The first-order chi connectivity index (χ1) is 5.24. The molecule has 0 radical (unpaired) electrons. The van der Waals surface area contributed by atoms with Gasteiger partial charge < -0.3 is 9.84 Å². The van der Waals surface area contributed by atoms with Crippen LogP contribution in [0.25, 0.3) is 0 Å². The van der Waals surface area contributed by atoms with Crippen LogP contribution in [0.15, 0.2) is 18.2 Å². The number of halogens is 1. The van der Waals surface area contributed by atoms with Gasteiger partial charge in [-0.2, -0.15) is 0 Å². The molecule has 0 aliphatic carbocycles. The van der Waals surface area contributed by atoms with Gasteiger partial charge in [-0.15, -0.1) is 0 Å². The number of rotatable bonds is 2. The van der Waals surface area contributed by atoms with Gasteiger partial charge in [-0.05, 0) is 30.7 Å². The SMILES string of the molecule is Cc1cc(O)ccc1OCCl. The lowest BCUT2D eigenvalue weighted by Crippen LogP contribution is -1.90. The Balaban J connectivity index is 2.90. The number of benzene rings is 1. The predicted octanol–water partition coefficient (Wildman–Crippen LogP) is 2.28. The van der Waals surface area contributed by atoms with Gasteiger partial charge in [0.05, 0.1) is 0 Å². The Hall–Kier alpha value is -0.890. The number of hydrogen-bond donors (Lipinski definition) is 1. The molecule has 2 nitrogen and oxygen atoms in total. The van der Waals surface area contributed by atoms with Crippen LogP contribution < -0.4 is 4.74 Å². The lowest BCUT2D eigenvalue weighted by atomic mass is 10.2. The topological polar surface area (TPSA) is 29.5 Å². The van der Waals surface area contributed by atoms with Crippen LogP contribution in [0.1, 0.15) is 5.56 Å². The van der Waals surface area contributed by atoms with Crippen molar-refractivity contribution in [3.8, 4) is 11.5 Å². The lowest BCUT2D eigenvalue weighted by Gasteiger charge is -2.04. The minimum Gasteiger partial charge on any atom is -0.508 e. The fourth-order valence-electron chi connectivity index (χ4n) is 0.854. The fourth-order valence-corrected chi connectivity index (χ4v) is 0.972. The molecule has 1 aromatic carbocycles. The molecule has 0 aromatic heterocycles. The van der Waals surface area contributed by atoms with Crippen molar-refractivity contribution >= 4 is 11.6 Å². The Kier molecular flexibility index (Phi) is 2.60. The van der Waals surface area contributed by atoms with Crippen LogP contribution in [-0.2, 0) is 0 Å². The van der Waals surface area contributed by atoms with E-state index < -0.39 is 0 Å². The van der Waals surface area contributed by atoms with E-state index in [9.17, 15) is 0 Å². The van der Waals surface area contributed by atoms with Crippen molar-refractivity contribution in [1.29, 1.82) is 0 Å². The van der Waals surface area contributed by atoms with Gasteiger partial charge in [0.25, 0.3) is 0 Å². The van der Waals surface area contributed by atoms with Crippen molar-refractivity contribution in [2.24, 2.45) is 0 Å². The Morgan fingerprint density at radius 3 is 2.82 bits per heavy atom. The molecule has 0 aliphatic heterocycles. The molecule has 0 bridgehead atoms. The molecular weight excluding hydrogens is 164 g/mol. The zero-order valence-corrected chi connectivity index (χ0v) is 6.93. The van der Waals surface area contributed by atoms with Crippen LogP contribution in [0.2, 0.25) is 0 Å². The maximum Gasteiger partial charge on any atom is 0.162 e. The molecule has 1 aromatic rings. The van der Waals surface area contributed by atoms with Crippen LogP contribution in [0.5, 0.6) is 11.5 Å². The van der Waals surface area contributed by atoms with Gasteiger partial charge in [0.2, 0.25) is 0 Å². The minimum absolute atomic E-state index is 0.131. The first-order valence-corrected chi connectivity index (χ1v) is 3.76. The largest absolute Gasteiger partial charge is 0.508 e. The van der Waals surface area contributed by atoms with E-state index in [4.69, 9.17) is 21.4 Å². The van der Waals surface area contributed by atoms with Crippen molar-refractivity contribution in [3.05, 3.63) is 23.8 Å². The monoisotopic (exact) mass is 172 g/mol. The molecule has 1 rings (SSSR count). The molecule has 0 amide bonds. The van der Waals surface area contributed by atoms with E-state index in [-0.39, 0.29) is 11.8 Å². The Morgan fingerprint density at radius 1 is 1.55 bits per heavy atom. The summed E-state index contributed by atoms with van der Waals surface area (Å²) < 4.78 is 5.05. The first-order valence-electron chi connectivity index (χ1n) is 3.22. The summed E-state index contributed by atoms with van der Waals surface area (Å²) >= 11 is 5.36. The van der Waals surface area contributed by atoms with Gasteiger partial charge in [0.15, 0.2) is 6.07 Å². The third-order valence-electron chi connectivity index (χ3n) is 1.37. The van der Waals surface area contributed by atoms with Gasteiger partial charge in [0, 0.05) is 0 Å². The second-order valence-corrected chi connectivity index (χ2v) is 2.42. The highest BCUT2D eigenvalue weighted by atomic mass is 35.5. The van der Waals surface area contributed by atoms with Crippen molar-refractivity contribution in [3.63, 3.8) is 0 Å². The van der Waals surface area contributed by atoms with Crippen LogP contribution in [0, 0.1) is 6.92 Å². The Labute approximate surface area is 70.4 Å². The Bertz CT molecular complexity index is 248. The van der Waals surface area contributed by atoms with E-state index in [0.29, 0.717) is 5.75 Å². The summed E-state index contributed by atoms with van der Waals surface area (Å²) in [5.74, 6) is 0.947. The number of ether oxygens (including phenoxy) is 1. The molecule has 3 heteroatoms. The molecule has 11 heavy (non-hydrogen) atoms. The zero-order valence-electron chi connectivity index (χ0n) is 6.17. The molecule has 0 saturated heterocycles. The van der Waals surface area contributed by atoms with E-state index in [2.05, 4.69) is 0 Å². The van der Waals surface area contributed by atoms with Gasteiger partial charge in [-0.1, -0.05) is 11.6 Å². The molecular formula is C8H9ClO2. The van der Waals surface area contributed by atoms with Crippen LogP contribution in [0.4, 0.5) is 0 Å². The molecule has 1 N–H and O–H groups in total. The van der Waals surface area contributed by atoms with Gasteiger partial charge in [-0.3, -0.25) is 0 Å². The number of phenolic OH excluding ortho intramolecular Hbond substituents is 1. The van der Waals surface area contributed by atoms with Crippen molar-refractivity contribution in [1.82, 2.24) is 0 Å². The van der Waals surface area contributed by atoms with Gasteiger partial charge in [0.1, 0.15) is 11.5 Å². The van der Waals surface area contributed by atoms with Crippen LogP contribution in [0.3, 0.4) is 0 Å². The zero-order chi connectivity index (χ0) is 8.27. The second kappa shape index (κ2) is 3.49. The highest BCUT2D eigenvalue weighted by Crippen LogP contribution is 2.22. The number of aromatic hydroxyl groups is 1. The third kappa shape index (κ3) is 2.02. The van der Waals surface area contributed by atoms with E-state index in [1.165, 1.54) is 0 Å². The molecule has 0 heterocycles. The van der Waals surface area contributed by atoms with Gasteiger partial charge in [-0.25, -0.2) is 0 Å². The number of aryl methyl sites for hydroxylation is 1. The van der Waals surface area contributed by atoms with Gasteiger partial charge >= 0.3 is 0 Å². The highest BCUT2D eigenvalue weighted by Gasteiger charge is 1.98. The molecule has 0 aliphatic rings. The minimum atomic E-state index is 0.131. The molecule has 0 spiro atoms. The average molecular weight is 173 g/mol. The van der Waals surface area contributed by atoms with Crippen molar-refractivity contribution < 1.29 is 9.84 Å². The summed E-state index contributed by atoms with van der Waals surface area (Å²) in [5, 5.41) is 9.02. The highest BCUT2D eigenvalue weighted by molar-refractivity contribution is 6.17. The molecule has 0 atom stereocenters. The smallest absolute Gasteiger partial charge is 0.162 e. The third-order valence-corrected chi connectivity index (χ3v) is 1.48. The number of alkyl halides is 1. The fraction of sp³-hybridized carbons (Fsp3) is 0.250. The number of hydrogen-bond acceptors (Lipinski definition) is 2. The predicted molar refractivity (Wildman–Crippen MR) is 44.2 cm³/mol. The summed E-state index contributed by atoms with van der Waals surface area (Å²) in [6, 6.07) is 5.01. The average Bonchev–Trinajstić information content (AvgIpc) is 1.95. The second-order valence-electron chi connectivity index (χ2n) is 2.20. The Morgan fingerprint density at radius 2 is 2.27 bits per heavy atom. The summed E-state index contributed by atoms with van der Waals surface area (Å²) in [5.41, 5.74) is 0.880. The maximum absolute atomic E-state index is 9.02. The molecule has 60 valence electrons. The van der Waals surface area contributed by atoms with Crippen molar-refractivity contribution in [2.45, 2.75) is 6.92 Å². The standard InChI is InChI=1S/C8H9ClO2/c1-6-4-7(10)2-3-8(6)11-5-9/h2-4,10H,5H2,1H3. The van der Waals surface area contributed by atoms with E-state index in [1.54, 1.807) is 18.2 Å². The summed E-state index contributed by atoms with van der Waals surface area (Å²) in [4.78, 5) is 0. The molecule has 0 fully saturated rings. The summed E-state index contributed by atoms with van der Waals surface area (Å²) in [6.07, 6.45) is 0. The summed E-state index contributed by atoms with van der Waals surface area (Å²) in [7, 11) is 0. The lowest BCUT2D eigenvalue weighted by molar-refractivity contribution is 0.383. The maximum atomic E-state index is 9.02. The van der Waals surface area contributed by atoms with Crippen LogP contribution in [-0.4, -0.2) is 11.2 Å². The molecule has 0 saturated carbocycles. The number of phenols is 1. The van der Waals surface area contributed by atoms with E-state index >= 15 is 0 Å². The normalized spacial score (nSPS) is 9.64. The van der Waals surface area contributed by atoms with Crippen LogP contribution >= 0.6 is 11.6 Å². The quantitative estimate of drug-likeness (QED) is 0.694.